The second kappa shape index (κ2) is 8.08. The third kappa shape index (κ3) is 4.02. The lowest BCUT2D eigenvalue weighted by atomic mass is 10.1. The summed E-state index contributed by atoms with van der Waals surface area (Å²) in [5.41, 5.74) is 2.04. The number of benzene rings is 2. The lowest BCUT2D eigenvalue weighted by molar-refractivity contribution is -0.119. The minimum absolute atomic E-state index is 0.0234. The number of aromatic nitrogens is 2. The predicted octanol–water partition coefficient (Wildman–Crippen LogP) is 3.90. The number of anilines is 1. The van der Waals surface area contributed by atoms with Gasteiger partial charge in [0.2, 0.25) is 11.0 Å². The highest BCUT2D eigenvalue weighted by atomic mass is 32.1. The molecule has 4 rings (SSSR count). The van der Waals surface area contributed by atoms with Crippen molar-refractivity contribution in [2.24, 2.45) is 0 Å². The van der Waals surface area contributed by atoms with Crippen molar-refractivity contribution >= 4 is 28.3 Å². The van der Waals surface area contributed by atoms with E-state index in [0.717, 1.165) is 11.1 Å². The maximum absolute atomic E-state index is 14.0. The van der Waals surface area contributed by atoms with Crippen LogP contribution in [0.15, 0.2) is 48.5 Å². The van der Waals surface area contributed by atoms with Crippen LogP contribution in [-0.2, 0) is 4.79 Å². The van der Waals surface area contributed by atoms with Gasteiger partial charge < -0.3 is 4.90 Å². The second-order valence-corrected chi connectivity index (χ2v) is 7.88. The number of nitrogens with zero attached hydrogens (tertiary/aromatic N) is 3. The SMILES string of the molecule is Cc1ccc(-c2nnc(NC(=O)C3CCCN3C(=O)c3ccccc3F)s2)cc1. The number of likely N-dealkylation sites (tertiary alicyclic amines) is 1. The van der Waals surface area contributed by atoms with E-state index in [9.17, 15) is 14.0 Å². The van der Waals surface area contributed by atoms with Gasteiger partial charge in [0.25, 0.3) is 5.91 Å². The molecule has 1 unspecified atom stereocenters. The van der Waals surface area contributed by atoms with Crippen molar-refractivity contribution in [3.05, 3.63) is 65.5 Å². The number of aryl methyl sites for hydroxylation is 1. The summed E-state index contributed by atoms with van der Waals surface area (Å²) in [6, 6.07) is 13.0. The first-order valence-electron chi connectivity index (χ1n) is 9.30. The van der Waals surface area contributed by atoms with Crippen molar-refractivity contribution in [2.75, 3.05) is 11.9 Å². The van der Waals surface area contributed by atoms with E-state index in [2.05, 4.69) is 15.5 Å². The Morgan fingerprint density at radius 2 is 1.90 bits per heavy atom. The third-order valence-electron chi connectivity index (χ3n) is 4.87. The van der Waals surface area contributed by atoms with Gasteiger partial charge in [0.15, 0.2) is 0 Å². The molecule has 1 N–H and O–H groups in total. The van der Waals surface area contributed by atoms with E-state index in [1.165, 1.54) is 34.4 Å². The van der Waals surface area contributed by atoms with E-state index in [1.807, 2.05) is 31.2 Å². The van der Waals surface area contributed by atoms with Crippen molar-refractivity contribution in [1.82, 2.24) is 15.1 Å². The Balaban J connectivity index is 1.47. The molecule has 148 valence electrons. The summed E-state index contributed by atoms with van der Waals surface area (Å²) in [5, 5.41) is 12.0. The zero-order valence-electron chi connectivity index (χ0n) is 15.8. The number of rotatable bonds is 4. The van der Waals surface area contributed by atoms with Crippen LogP contribution in [0.4, 0.5) is 9.52 Å². The minimum Gasteiger partial charge on any atom is -0.327 e. The molecule has 1 aromatic heterocycles. The standard InChI is InChI=1S/C21H19FN4O2S/c1-13-8-10-14(11-9-13)19-24-25-21(29-19)23-18(27)17-7-4-12-26(17)20(28)15-5-2-3-6-16(15)22/h2-3,5-6,8-11,17H,4,7,12H2,1H3,(H,23,25,27). The molecule has 3 aromatic rings. The van der Waals surface area contributed by atoms with Crippen LogP contribution < -0.4 is 5.32 Å². The fraction of sp³-hybridized carbons (Fsp3) is 0.238. The van der Waals surface area contributed by atoms with Gasteiger partial charge in [0, 0.05) is 12.1 Å². The smallest absolute Gasteiger partial charge is 0.257 e. The lowest BCUT2D eigenvalue weighted by Gasteiger charge is -2.23. The number of carbonyl (C=O) groups excluding carboxylic acids is 2. The molecule has 29 heavy (non-hydrogen) atoms. The molecule has 2 aromatic carbocycles. The zero-order valence-corrected chi connectivity index (χ0v) is 16.6. The highest BCUT2D eigenvalue weighted by Gasteiger charge is 2.35. The van der Waals surface area contributed by atoms with Gasteiger partial charge in [-0.1, -0.05) is 53.3 Å². The predicted molar refractivity (Wildman–Crippen MR) is 109 cm³/mol. The Hall–Kier alpha value is -3.13. The second-order valence-electron chi connectivity index (χ2n) is 6.90. The van der Waals surface area contributed by atoms with Crippen LogP contribution in [0.2, 0.25) is 0 Å². The Labute approximate surface area is 171 Å². The van der Waals surface area contributed by atoms with E-state index in [-0.39, 0.29) is 11.5 Å². The number of hydrogen-bond acceptors (Lipinski definition) is 5. The van der Waals surface area contributed by atoms with Crippen molar-refractivity contribution in [3.63, 3.8) is 0 Å². The number of hydrogen-bond donors (Lipinski definition) is 1. The Kier molecular flexibility index (Phi) is 5.35. The van der Waals surface area contributed by atoms with Gasteiger partial charge in [-0.2, -0.15) is 0 Å². The summed E-state index contributed by atoms with van der Waals surface area (Å²) in [7, 11) is 0. The number of amides is 2. The van der Waals surface area contributed by atoms with Gasteiger partial charge >= 0.3 is 0 Å². The molecule has 1 fully saturated rings. The Morgan fingerprint density at radius 1 is 1.14 bits per heavy atom. The number of halogens is 1. The number of carbonyl (C=O) groups is 2. The highest BCUT2D eigenvalue weighted by Crippen LogP contribution is 2.28. The first-order chi connectivity index (χ1) is 14.0. The molecule has 0 aliphatic carbocycles. The van der Waals surface area contributed by atoms with Crippen molar-refractivity contribution < 1.29 is 14.0 Å². The largest absolute Gasteiger partial charge is 0.327 e. The van der Waals surface area contributed by atoms with Gasteiger partial charge in [0.05, 0.1) is 5.56 Å². The fourth-order valence-corrected chi connectivity index (χ4v) is 4.10. The van der Waals surface area contributed by atoms with E-state index in [4.69, 9.17) is 0 Å². The fourth-order valence-electron chi connectivity index (χ4n) is 3.35. The Morgan fingerprint density at radius 3 is 2.66 bits per heavy atom. The van der Waals surface area contributed by atoms with Gasteiger partial charge in [0.1, 0.15) is 16.9 Å². The zero-order chi connectivity index (χ0) is 20.4. The summed E-state index contributed by atoms with van der Waals surface area (Å²) in [6.45, 7) is 2.42. The molecule has 0 saturated carbocycles. The molecular formula is C21H19FN4O2S. The molecule has 0 bridgehead atoms. The molecular weight excluding hydrogens is 391 g/mol. The summed E-state index contributed by atoms with van der Waals surface area (Å²) in [4.78, 5) is 26.9. The Bertz CT molecular complexity index is 1050. The van der Waals surface area contributed by atoms with E-state index in [0.29, 0.717) is 29.5 Å². The van der Waals surface area contributed by atoms with Gasteiger partial charge in [-0.15, -0.1) is 10.2 Å². The first-order valence-corrected chi connectivity index (χ1v) is 10.1. The summed E-state index contributed by atoms with van der Waals surface area (Å²) < 4.78 is 14.0. The monoisotopic (exact) mass is 410 g/mol. The molecule has 2 heterocycles. The molecule has 2 amide bonds. The number of nitrogens with one attached hydrogen (secondary N) is 1. The van der Waals surface area contributed by atoms with Crippen LogP contribution in [0.25, 0.3) is 10.6 Å². The average molecular weight is 410 g/mol. The topological polar surface area (TPSA) is 75.2 Å². The van der Waals surface area contributed by atoms with Gasteiger partial charge in [-0.3, -0.25) is 14.9 Å². The quantitative estimate of drug-likeness (QED) is 0.708. The normalized spacial score (nSPS) is 16.1. The lowest BCUT2D eigenvalue weighted by Crippen LogP contribution is -2.43. The van der Waals surface area contributed by atoms with Gasteiger partial charge in [-0.25, -0.2) is 4.39 Å². The van der Waals surface area contributed by atoms with Crippen LogP contribution >= 0.6 is 11.3 Å². The van der Waals surface area contributed by atoms with Crippen molar-refractivity contribution in [2.45, 2.75) is 25.8 Å². The molecule has 1 aliphatic heterocycles. The van der Waals surface area contributed by atoms with E-state index >= 15 is 0 Å². The summed E-state index contributed by atoms with van der Waals surface area (Å²) >= 11 is 1.27. The third-order valence-corrected chi connectivity index (χ3v) is 5.76. The van der Waals surface area contributed by atoms with Gasteiger partial charge in [-0.05, 0) is 31.9 Å². The van der Waals surface area contributed by atoms with Crippen LogP contribution in [0.3, 0.4) is 0 Å². The molecule has 0 spiro atoms. The maximum Gasteiger partial charge on any atom is 0.257 e. The first kappa shape index (κ1) is 19.2. The summed E-state index contributed by atoms with van der Waals surface area (Å²) in [6.07, 6.45) is 1.21. The minimum atomic E-state index is -0.658. The van der Waals surface area contributed by atoms with Crippen LogP contribution in [-0.4, -0.2) is 39.5 Å². The van der Waals surface area contributed by atoms with Crippen molar-refractivity contribution in [1.29, 1.82) is 0 Å². The molecule has 8 heteroatoms. The molecule has 1 atom stereocenters. The maximum atomic E-state index is 14.0. The molecule has 1 aliphatic rings. The molecule has 0 radical (unpaired) electrons. The summed E-state index contributed by atoms with van der Waals surface area (Å²) in [5.74, 6) is -1.40. The molecule has 1 saturated heterocycles. The van der Waals surface area contributed by atoms with Crippen LogP contribution in [0.5, 0.6) is 0 Å². The highest BCUT2D eigenvalue weighted by molar-refractivity contribution is 7.18. The van der Waals surface area contributed by atoms with Crippen molar-refractivity contribution in [3.8, 4) is 10.6 Å². The molecule has 6 nitrogen and oxygen atoms in total. The van der Waals surface area contributed by atoms with Crippen LogP contribution in [0, 0.1) is 12.7 Å². The van der Waals surface area contributed by atoms with E-state index in [1.54, 1.807) is 6.07 Å². The van der Waals surface area contributed by atoms with E-state index < -0.39 is 17.8 Å². The average Bonchev–Trinajstić information content (AvgIpc) is 3.38. The van der Waals surface area contributed by atoms with Crippen LogP contribution in [0.1, 0.15) is 28.8 Å².